The smallest absolute Gasteiger partial charge is 0.453 e. The highest BCUT2D eigenvalue weighted by Crippen LogP contribution is 2.51. The average Bonchev–Trinajstić information content (AvgIpc) is 3.38. The number of H-pyrrole nitrogens is 1. The summed E-state index contributed by atoms with van der Waals surface area (Å²) in [6.07, 6.45) is -1.83. The van der Waals surface area contributed by atoms with Crippen LogP contribution < -0.4 is 27.2 Å². The van der Waals surface area contributed by atoms with E-state index in [2.05, 4.69) is 30.4 Å². The fourth-order valence-corrected chi connectivity index (χ4v) is 4.92. The van der Waals surface area contributed by atoms with Crippen molar-refractivity contribution in [1.29, 1.82) is 0 Å². The van der Waals surface area contributed by atoms with Crippen molar-refractivity contribution in [3.8, 4) is 0 Å². The molecular formula is C23H38N5O13P. The van der Waals surface area contributed by atoms with Crippen molar-refractivity contribution in [3.05, 3.63) is 32.6 Å². The Bertz CT molecular complexity index is 1210. The lowest BCUT2D eigenvalue weighted by Crippen LogP contribution is -2.47. The maximum atomic E-state index is 12.8. The summed E-state index contributed by atoms with van der Waals surface area (Å²) in [7, 11) is 0.731. The summed E-state index contributed by atoms with van der Waals surface area (Å²) >= 11 is 0. The number of aliphatic hydroxyl groups is 1. The van der Waals surface area contributed by atoms with Gasteiger partial charge in [0.1, 0.15) is 24.5 Å². The van der Waals surface area contributed by atoms with Crippen molar-refractivity contribution < 1.29 is 51.8 Å². The number of hydrogen-bond donors (Lipinski definition) is 5. The summed E-state index contributed by atoms with van der Waals surface area (Å²) in [5, 5.41) is 17.3. The molecule has 2 heterocycles. The van der Waals surface area contributed by atoms with Crippen LogP contribution in [0.4, 0.5) is 9.59 Å². The van der Waals surface area contributed by atoms with Gasteiger partial charge in [-0.1, -0.05) is 0 Å². The maximum absolute atomic E-state index is 12.8. The summed E-state index contributed by atoms with van der Waals surface area (Å²) < 4.78 is 43.2. The molecule has 42 heavy (non-hydrogen) atoms. The Kier molecular flexibility index (Phi) is 14.1. The maximum Gasteiger partial charge on any atom is 0.474 e. The van der Waals surface area contributed by atoms with Crippen LogP contribution in [0.5, 0.6) is 0 Å². The van der Waals surface area contributed by atoms with Gasteiger partial charge in [-0.25, -0.2) is 18.9 Å². The van der Waals surface area contributed by atoms with Gasteiger partial charge < -0.3 is 35.3 Å². The zero-order valence-corrected chi connectivity index (χ0v) is 24.7. The number of phosphoric ester groups is 1. The molecule has 0 radical (unpaired) electrons. The van der Waals surface area contributed by atoms with Gasteiger partial charge in [-0.3, -0.25) is 32.7 Å². The summed E-state index contributed by atoms with van der Waals surface area (Å²) in [5.74, 6) is -0.531. The van der Waals surface area contributed by atoms with E-state index in [1.165, 1.54) is 13.3 Å². The number of carbonyl (C=O) groups excluding carboxylic acids is 3. The highest BCUT2D eigenvalue weighted by Gasteiger charge is 2.42. The van der Waals surface area contributed by atoms with Gasteiger partial charge in [-0.15, -0.1) is 0 Å². The van der Waals surface area contributed by atoms with Crippen LogP contribution in [-0.4, -0.2) is 99.1 Å². The van der Waals surface area contributed by atoms with Gasteiger partial charge in [0.25, 0.3) is 5.56 Å². The van der Waals surface area contributed by atoms with Gasteiger partial charge in [0, 0.05) is 45.5 Å². The number of aromatic amines is 1. The van der Waals surface area contributed by atoms with Crippen molar-refractivity contribution in [1.82, 2.24) is 25.5 Å². The lowest BCUT2D eigenvalue weighted by molar-refractivity contribution is -0.123. The Hall–Kier alpha value is -3.28. The summed E-state index contributed by atoms with van der Waals surface area (Å²) in [6, 6.07) is -0.947. The molecule has 0 aliphatic carbocycles. The Labute approximate surface area is 240 Å². The fourth-order valence-electron chi connectivity index (χ4n) is 4.04. The first kappa shape index (κ1) is 34.9. The first-order valence-corrected chi connectivity index (χ1v) is 14.4. The van der Waals surface area contributed by atoms with Crippen LogP contribution in [0.2, 0.25) is 0 Å². The predicted molar refractivity (Wildman–Crippen MR) is 144 cm³/mol. The third-order valence-corrected chi connectivity index (χ3v) is 7.71. The van der Waals surface area contributed by atoms with Crippen molar-refractivity contribution >= 4 is 25.9 Å². The van der Waals surface area contributed by atoms with E-state index in [1.807, 2.05) is 0 Å². The van der Waals surface area contributed by atoms with Crippen molar-refractivity contribution in [3.63, 3.8) is 0 Å². The van der Waals surface area contributed by atoms with E-state index in [-0.39, 0.29) is 31.4 Å². The number of rotatable bonds is 16. The first-order valence-electron chi connectivity index (χ1n) is 12.9. The molecule has 4 atom stereocenters. The molecule has 2 unspecified atom stereocenters. The summed E-state index contributed by atoms with van der Waals surface area (Å²) in [6.45, 7) is -0.231. The molecule has 1 saturated heterocycles. The van der Waals surface area contributed by atoms with Crippen LogP contribution in [0.25, 0.3) is 0 Å². The highest BCUT2D eigenvalue weighted by atomic mass is 31.2. The number of alkyl carbamates (subject to hydrolysis) is 2. The van der Waals surface area contributed by atoms with Gasteiger partial charge in [-0.05, 0) is 25.7 Å². The first-order chi connectivity index (χ1) is 20.0. The van der Waals surface area contributed by atoms with Gasteiger partial charge in [-0.2, -0.15) is 0 Å². The molecule has 1 aliphatic rings. The van der Waals surface area contributed by atoms with Gasteiger partial charge in [0.2, 0.25) is 5.91 Å². The van der Waals surface area contributed by atoms with Gasteiger partial charge in [0.05, 0.1) is 20.8 Å². The molecule has 3 amide bonds. The van der Waals surface area contributed by atoms with E-state index in [1.54, 1.807) is 0 Å². The number of nitrogens with one attached hydrogen (secondary N) is 4. The molecule has 19 heteroatoms. The van der Waals surface area contributed by atoms with Crippen LogP contribution >= 0.6 is 7.82 Å². The third kappa shape index (κ3) is 10.2. The van der Waals surface area contributed by atoms with Crippen molar-refractivity contribution in [2.45, 2.75) is 56.6 Å². The van der Waals surface area contributed by atoms with Crippen LogP contribution in [-0.2, 0) is 43.6 Å². The third-order valence-electron chi connectivity index (χ3n) is 6.29. The number of carbonyl (C=O) groups is 3. The van der Waals surface area contributed by atoms with Crippen LogP contribution in [0.3, 0.4) is 0 Å². The number of amides is 3. The number of aliphatic hydroxyl groups excluding tert-OH is 1. The minimum absolute atomic E-state index is 0.00791. The standard InChI is InChI=1S/C23H38N5O13P/c1-36-22(33)25-9-6-5-7-15(26-23(34)37-2)20(31)24-10-8-14-12-28(21(32)27-19(14)30)18-11-16(17(13-29)40-18)41-42(35,38-3)39-4/h12,15-18,29H,5-11,13H2,1-4H3,(H,24,31)(H,25,33)(H,26,34)(H,27,30,32)/t15?,16?,17-,18-/m0/s1. The second kappa shape index (κ2) is 17.0. The van der Waals surface area contributed by atoms with E-state index in [4.69, 9.17) is 18.3 Å². The molecule has 0 bridgehead atoms. The van der Waals surface area contributed by atoms with Gasteiger partial charge >= 0.3 is 25.7 Å². The minimum Gasteiger partial charge on any atom is -0.453 e. The number of aromatic nitrogens is 2. The lowest BCUT2D eigenvalue weighted by Gasteiger charge is -2.20. The van der Waals surface area contributed by atoms with Crippen molar-refractivity contribution in [2.24, 2.45) is 0 Å². The Morgan fingerprint density at radius 3 is 2.40 bits per heavy atom. The normalized spacial score (nSPS) is 19.1. The van der Waals surface area contributed by atoms with Crippen LogP contribution in [0.1, 0.15) is 37.5 Å². The predicted octanol–water partition coefficient (Wildman–Crippen LogP) is -0.488. The largest absolute Gasteiger partial charge is 0.474 e. The molecule has 1 aliphatic heterocycles. The number of nitrogens with zero attached hydrogens (tertiary/aromatic N) is 1. The second-order valence-electron chi connectivity index (χ2n) is 8.97. The van der Waals surface area contributed by atoms with Crippen molar-refractivity contribution in [2.75, 3.05) is 48.1 Å². The molecule has 1 aromatic rings. The number of methoxy groups -OCH3 is 2. The van der Waals surface area contributed by atoms with Crippen LogP contribution in [0, 0.1) is 0 Å². The van der Waals surface area contributed by atoms with E-state index in [0.717, 1.165) is 25.9 Å². The van der Waals surface area contributed by atoms with E-state index in [9.17, 15) is 33.6 Å². The zero-order valence-electron chi connectivity index (χ0n) is 23.8. The Morgan fingerprint density at radius 1 is 1.10 bits per heavy atom. The minimum atomic E-state index is -3.92. The SMILES string of the molecule is COC(=O)NCCCCC(NC(=O)OC)C(=O)NCCc1cn([C@@H]2CC(OP(=O)(OC)OC)[C@H](CO)O2)c(=O)[nH]c1=O. The number of phosphoric acid groups is 1. The van der Waals surface area contributed by atoms with E-state index >= 15 is 0 Å². The Balaban J connectivity index is 2.04. The van der Waals surface area contributed by atoms with E-state index in [0.29, 0.717) is 19.4 Å². The summed E-state index contributed by atoms with van der Waals surface area (Å²) in [5.41, 5.74) is -1.34. The molecule has 1 aromatic heterocycles. The number of hydrogen-bond acceptors (Lipinski definition) is 13. The lowest BCUT2D eigenvalue weighted by atomic mass is 10.1. The molecule has 2 rings (SSSR count). The Morgan fingerprint density at radius 2 is 1.79 bits per heavy atom. The van der Waals surface area contributed by atoms with E-state index < -0.39 is 68.2 Å². The molecular weight excluding hydrogens is 585 g/mol. The second-order valence-corrected chi connectivity index (χ2v) is 10.8. The number of ether oxygens (including phenoxy) is 3. The molecule has 0 saturated carbocycles. The topological polar surface area (TPSA) is 235 Å². The van der Waals surface area contributed by atoms with Gasteiger partial charge in [0.15, 0.2) is 0 Å². The molecule has 0 spiro atoms. The molecule has 1 fully saturated rings. The average molecular weight is 624 g/mol. The zero-order chi connectivity index (χ0) is 31.3. The van der Waals surface area contributed by atoms with Crippen LogP contribution in [0.15, 0.2) is 15.8 Å². The number of unbranched alkanes of at least 4 members (excludes halogenated alkanes) is 1. The molecule has 18 nitrogen and oxygen atoms in total. The molecule has 5 N–H and O–H groups in total. The monoisotopic (exact) mass is 623 g/mol. The summed E-state index contributed by atoms with van der Waals surface area (Å²) in [4.78, 5) is 62.8. The molecule has 238 valence electrons. The fraction of sp³-hybridized carbons (Fsp3) is 0.696. The molecule has 0 aromatic carbocycles. The quantitative estimate of drug-likeness (QED) is 0.116. The highest BCUT2D eigenvalue weighted by molar-refractivity contribution is 7.48.